The number of nitrogens with zero attached hydrogens (tertiary/aromatic N) is 2. The minimum absolute atomic E-state index is 0.131. The van der Waals surface area contributed by atoms with E-state index in [1.807, 2.05) is 32.0 Å². The normalized spacial score (nSPS) is 11.0. The van der Waals surface area contributed by atoms with Gasteiger partial charge in [-0.25, -0.2) is 4.79 Å². The number of carbonyl (C=O) groups is 1. The molecule has 0 saturated carbocycles. The molecule has 0 radical (unpaired) electrons. The van der Waals surface area contributed by atoms with Gasteiger partial charge in [0.05, 0.1) is 11.7 Å². The fourth-order valence-electron chi connectivity index (χ4n) is 2.40. The van der Waals surface area contributed by atoms with Gasteiger partial charge >= 0.3 is 5.69 Å². The average molecular weight is 299 g/mol. The zero-order valence-electron chi connectivity index (χ0n) is 12.4. The Morgan fingerprint density at radius 3 is 2.91 bits per heavy atom. The van der Waals surface area contributed by atoms with E-state index in [0.29, 0.717) is 12.2 Å². The zero-order chi connectivity index (χ0) is 15.7. The maximum absolute atomic E-state index is 12.0. The molecule has 0 fully saturated rings. The Hall–Kier alpha value is -2.83. The van der Waals surface area contributed by atoms with Gasteiger partial charge in [-0.05, 0) is 32.0 Å². The number of hydrogen-bond acceptors (Lipinski definition) is 3. The van der Waals surface area contributed by atoms with Crippen LogP contribution in [0.2, 0.25) is 0 Å². The number of aromatic nitrogens is 4. The van der Waals surface area contributed by atoms with Crippen LogP contribution in [0.25, 0.3) is 10.9 Å². The van der Waals surface area contributed by atoms with Crippen molar-refractivity contribution >= 4 is 22.5 Å². The van der Waals surface area contributed by atoms with Crippen molar-refractivity contribution in [3.05, 3.63) is 46.3 Å². The molecule has 3 aromatic rings. The minimum Gasteiger partial charge on any atom is -0.326 e. The standard InChI is InChI=1S/C15H17N5O2/c1-9-10(2)20(15(22)17-9)6-5-14(21)18-12-3-4-13-11(7-12)8-16-19-13/h3-4,7-8H,5-6H2,1-2H3,(H,16,19)(H,17,22)(H,18,21). The summed E-state index contributed by atoms with van der Waals surface area (Å²) in [6, 6.07) is 5.53. The first-order valence-corrected chi connectivity index (χ1v) is 7.03. The van der Waals surface area contributed by atoms with Crippen LogP contribution >= 0.6 is 0 Å². The second-order valence-corrected chi connectivity index (χ2v) is 5.26. The summed E-state index contributed by atoms with van der Waals surface area (Å²) in [6.07, 6.45) is 1.94. The summed E-state index contributed by atoms with van der Waals surface area (Å²) in [5.41, 5.74) is 3.15. The van der Waals surface area contributed by atoms with E-state index in [-0.39, 0.29) is 18.0 Å². The van der Waals surface area contributed by atoms with Crippen LogP contribution in [-0.2, 0) is 11.3 Å². The van der Waals surface area contributed by atoms with Crippen LogP contribution < -0.4 is 11.0 Å². The summed E-state index contributed by atoms with van der Waals surface area (Å²) in [6.45, 7) is 4.06. The Bertz CT molecular complexity index is 887. The Balaban J connectivity index is 1.66. The molecule has 0 aliphatic rings. The monoisotopic (exact) mass is 299 g/mol. The molecule has 0 spiro atoms. The largest absolute Gasteiger partial charge is 0.326 e. The van der Waals surface area contributed by atoms with E-state index < -0.39 is 0 Å². The first-order valence-electron chi connectivity index (χ1n) is 7.03. The molecule has 3 N–H and O–H groups in total. The zero-order valence-corrected chi connectivity index (χ0v) is 12.4. The van der Waals surface area contributed by atoms with Gasteiger partial charge < -0.3 is 10.3 Å². The number of anilines is 1. The molecule has 22 heavy (non-hydrogen) atoms. The lowest BCUT2D eigenvalue weighted by atomic mass is 10.2. The fourth-order valence-corrected chi connectivity index (χ4v) is 2.40. The van der Waals surface area contributed by atoms with Crippen molar-refractivity contribution in [1.29, 1.82) is 0 Å². The van der Waals surface area contributed by atoms with E-state index in [0.717, 1.165) is 22.3 Å². The average Bonchev–Trinajstić information content (AvgIpc) is 3.02. The van der Waals surface area contributed by atoms with E-state index in [9.17, 15) is 9.59 Å². The molecular weight excluding hydrogens is 282 g/mol. The number of carbonyl (C=O) groups excluding carboxylic acids is 1. The molecule has 0 aliphatic heterocycles. The molecule has 2 aromatic heterocycles. The summed E-state index contributed by atoms with van der Waals surface area (Å²) in [5, 5.41) is 10.6. The quantitative estimate of drug-likeness (QED) is 0.684. The second-order valence-electron chi connectivity index (χ2n) is 5.26. The number of nitrogens with one attached hydrogen (secondary N) is 3. The summed E-state index contributed by atoms with van der Waals surface area (Å²) in [5.74, 6) is -0.131. The number of aryl methyl sites for hydroxylation is 1. The van der Waals surface area contributed by atoms with Gasteiger partial charge in [-0.3, -0.25) is 14.5 Å². The lowest BCUT2D eigenvalue weighted by Crippen LogP contribution is -2.22. The number of rotatable bonds is 4. The third kappa shape index (κ3) is 2.65. The smallest absolute Gasteiger partial charge is 0.325 e. The van der Waals surface area contributed by atoms with Gasteiger partial charge in [0.15, 0.2) is 0 Å². The number of benzene rings is 1. The van der Waals surface area contributed by atoms with Crippen LogP contribution in [0, 0.1) is 13.8 Å². The second kappa shape index (κ2) is 5.51. The molecule has 7 nitrogen and oxygen atoms in total. The number of imidazole rings is 1. The Morgan fingerprint density at radius 1 is 1.36 bits per heavy atom. The molecule has 0 aliphatic carbocycles. The highest BCUT2D eigenvalue weighted by molar-refractivity contribution is 5.93. The fraction of sp³-hybridized carbons (Fsp3) is 0.267. The van der Waals surface area contributed by atoms with E-state index in [1.54, 1.807) is 10.8 Å². The van der Waals surface area contributed by atoms with Crippen LogP contribution in [0.4, 0.5) is 5.69 Å². The maximum Gasteiger partial charge on any atom is 0.325 e. The van der Waals surface area contributed by atoms with Gasteiger partial charge in [-0.15, -0.1) is 0 Å². The summed E-state index contributed by atoms with van der Waals surface area (Å²) >= 11 is 0. The van der Waals surface area contributed by atoms with E-state index in [1.165, 1.54) is 0 Å². The van der Waals surface area contributed by atoms with Gasteiger partial charge in [-0.1, -0.05) is 0 Å². The summed E-state index contributed by atoms with van der Waals surface area (Å²) < 4.78 is 1.58. The molecule has 1 amide bonds. The van der Waals surface area contributed by atoms with Crippen LogP contribution in [0.5, 0.6) is 0 Å². The maximum atomic E-state index is 12.0. The van der Waals surface area contributed by atoms with Crippen molar-refractivity contribution in [2.75, 3.05) is 5.32 Å². The molecule has 0 atom stereocenters. The molecular formula is C15H17N5O2. The van der Waals surface area contributed by atoms with Crippen LogP contribution in [-0.4, -0.2) is 25.7 Å². The highest BCUT2D eigenvalue weighted by Crippen LogP contribution is 2.16. The van der Waals surface area contributed by atoms with Crippen LogP contribution in [0.3, 0.4) is 0 Å². The summed E-state index contributed by atoms with van der Waals surface area (Å²) in [7, 11) is 0. The third-order valence-electron chi connectivity index (χ3n) is 3.77. The van der Waals surface area contributed by atoms with Crippen molar-refractivity contribution in [3.63, 3.8) is 0 Å². The molecule has 3 rings (SSSR count). The van der Waals surface area contributed by atoms with Crippen molar-refractivity contribution in [2.24, 2.45) is 0 Å². The molecule has 0 unspecified atom stereocenters. The lowest BCUT2D eigenvalue weighted by Gasteiger charge is -2.07. The number of aromatic amines is 2. The van der Waals surface area contributed by atoms with Gasteiger partial charge in [0.2, 0.25) is 5.91 Å². The van der Waals surface area contributed by atoms with E-state index >= 15 is 0 Å². The number of H-pyrrole nitrogens is 2. The Morgan fingerprint density at radius 2 is 2.18 bits per heavy atom. The van der Waals surface area contributed by atoms with Crippen molar-refractivity contribution < 1.29 is 4.79 Å². The molecule has 0 bridgehead atoms. The molecule has 114 valence electrons. The molecule has 7 heteroatoms. The predicted molar refractivity (Wildman–Crippen MR) is 83.9 cm³/mol. The van der Waals surface area contributed by atoms with Gasteiger partial charge in [0.1, 0.15) is 0 Å². The third-order valence-corrected chi connectivity index (χ3v) is 3.77. The number of amides is 1. The summed E-state index contributed by atoms with van der Waals surface area (Å²) in [4.78, 5) is 26.5. The number of fused-ring (bicyclic) bond motifs is 1. The Labute approximate surface area is 126 Å². The Kier molecular flexibility index (Phi) is 3.54. The minimum atomic E-state index is -0.178. The van der Waals surface area contributed by atoms with Crippen LogP contribution in [0.15, 0.2) is 29.2 Å². The molecule has 0 saturated heterocycles. The van der Waals surface area contributed by atoms with Gasteiger partial charge in [-0.2, -0.15) is 5.10 Å². The van der Waals surface area contributed by atoms with E-state index in [4.69, 9.17) is 0 Å². The number of hydrogen-bond donors (Lipinski definition) is 3. The predicted octanol–water partition coefficient (Wildman–Crippen LogP) is 1.70. The molecule has 2 heterocycles. The van der Waals surface area contributed by atoms with Crippen molar-refractivity contribution in [2.45, 2.75) is 26.8 Å². The first-order chi connectivity index (χ1) is 10.5. The SMILES string of the molecule is Cc1[nH]c(=O)n(CCC(=O)Nc2ccc3[nH]ncc3c2)c1C. The molecule has 1 aromatic carbocycles. The topological polar surface area (TPSA) is 95.6 Å². The van der Waals surface area contributed by atoms with Crippen molar-refractivity contribution in [1.82, 2.24) is 19.7 Å². The first kappa shape index (κ1) is 14.1. The highest BCUT2D eigenvalue weighted by Gasteiger charge is 2.09. The van der Waals surface area contributed by atoms with E-state index in [2.05, 4.69) is 20.5 Å². The van der Waals surface area contributed by atoms with Crippen molar-refractivity contribution in [3.8, 4) is 0 Å². The highest BCUT2D eigenvalue weighted by atomic mass is 16.2. The van der Waals surface area contributed by atoms with Gasteiger partial charge in [0, 0.05) is 35.4 Å². The lowest BCUT2D eigenvalue weighted by molar-refractivity contribution is -0.116. The van der Waals surface area contributed by atoms with Crippen LogP contribution in [0.1, 0.15) is 17.8 Å². The van der Waals surface area contributed by atoms with Gasteiger partial charge in [0.25, 0.3) is 0 Å².